The molecule has 5 nitrogen and oxygen atoms in total. The fraction of sp³-hybridized carbons (Fsp3) is 0.429. The molecule has 2 aromatic rings. The molecule has 1 fully saturated rings. The van der Waals surface area contributed by atoms with Crippen LogP contribution in [0.3, 0.4) is 0 Å². The Hall–Kier alpha value is -1.66. The molecule has 1 aromatic carbocycles. The number of fused-ring (bicyclic) bond motifs is 1. The minimum Gasteiger partial charge on any atom is -0.476 e. The maximum atomic E-state index is 11.1. The van der Waals surface area contributed by atoms with Crippen LogP contribution in [0.2, 0.25) is 0 Å². The number of nitrogens with zero attached hydrogens (tertiary/aromatic N) is 3. The van der Waals surface area contributed by atoms with E-state index in [1.54, 1.807) is 0 Å². The van der Waals surface area contributed by atoms with E-state index < -0.39 is 5.97 Å². The van der Waals surface area contributed by atoms with Crippen LogP contribution in [-0.4, -0.2) is 53.6 Å². The molecule has 1 aromatic heterocycles. The predicted octanol–water partition coefficient (Wildman–Crippen LogP) is 2.13. The van der Waals surface area contributed by atoms with E-state index in [0.29, 0.717) is 6.04 Å². The summed E-state index contributed by atoms with van der Waals surface area (Å²) in [5.74, 6) is -0.960. The number of rotatable bonds is 3. The van der Waals surface area contributed by atoms with Gasteiger partial charge in [-0.3, -0.25) is 0 Å². The summed E-state index contributed by atoms with van der Waals surface area (Å²) in [5, 5.41) is 9.81. The first kappa shape index (κ1) is 13.3. The van der Waals surface area contributed by atoms with Crippen LogP contribution in [0.25, 0.3) is 10.1 Å². The molecule has 3 rings (SSSR count). The highest BCUT2D eigenvalue weighted by atomic mass is 32.1. The van der Waals surface area contributed by atoms with E-state index in [4.69, 9.17) is 5.11 Å². The lowest BCUT2D eigenvalue weighted by Gasteiger charge is -2.21. The number of aromatic nitrogens is 1. The number of anilines is 1. The van der Waals surface area contributed by atoms with Crippen LogP contribution in [0.15, 0.2) is 18.2 Å². The molecule has 0 saturated carbocycles. The summed E-state index contributed by atoms with van der Waals surface area (Å²) in [6.45, 7) is 2.06. The third-order valence-corrected chi connectivity index (χ3v) is 4.73. The summed E-state index contributed by atoms with van der Waals surface area (Å²) >= 11 is 1.25. The molecule has 0 aliphatic carbocycles. The van der Waals surface area contributed by atoms with Gasteiger partial charge in [-0.15, -0.1) is 0 Å². The lowest BCUT2D eigenvalue weighted by molar-refractivity contribution is 0.0694. The predicted molar refractivity (Wildman–Crippen MR) is 80.9 cm³/mol. The van der Waals surface area contributed by atoms with E-state index in [9.17, 15) is 4.79 Å². The summed E-state index contributed by atoms with van der Waals surface area (Å²) in [7, 11) is 4.22. The molecule has 0 unspecified atom stereocenters. The van der Waals surface area contributed by atoms with Crippen molar-refractivity contribution in [2.75, 3.05) is 32.1 Å². The van der Waals surface area contributed by atoms with Crippen molar-refractivity contribution in [2.24, 2.45) is 0 Å². The number of likely N-dealkylation sites (N-methyl/N-ethyl adjacent to an activating group) is 1. The number of hydrogen-bond acceptors (Lipinski definition) is 5. The summed E-state index contributed by atoms with van der Waals surface area (Å²) in [6, 6.07) is 6.51. The van der Waals surface area contributed by atoms with Crippen molar-refractivity contribution < 1.29 is 9.90 Å². The first-order valence-corrected chi connectivity index (χ1v) is 7.37. The fourth-order valence-corrected chi connectivity index (χ4v) is 3.48. The molecule has 1 aliphatic heterocycles. The van der Waals surface area contributed by atoms with Gasteiger partial charge in [0.25, 0.3) is 0 Å². The van der Waals surface area contributed by atoms with Gasteiger partial charge in [0, 0.05) is 30.2 Å². The lowest BCUT2D eigenvalue weighted by atomic mass is 10.2. The second-order valence-corrected chi connectivity index (χ2v) is 6.17. The van der Waals surface area contributed by atoms with E-state index in [-0.39, 0.29) is 5.69 Å². The lowest BCUT2D eigenvalue weighted by Crippen LogP contribution is -2.31. The van der Waals surface area contributed by atoms with E-state index in [1.807, 2.05) is 12.1 Å². The van der Waals surface area contributed by atoms with Crippen molar-refractivity contribution in [3.8, 4) is 0 Å². The average molecular weight is 291 g/mol. The van der Waals surface area contributed by atoms with Gasteiger partial charge in [-0.1, -0.05) is 0 Å². The van der Waals surface area contributed by atoms with E-state index in [2.05, 4.69) is 34.3 Å². The Balaban J connectivity index is 1.89. The number of carboxylic acids is 1. The van der Waals surface area contributed by atoms with Gasteiger partial charge in [0.2, 0.25) is 0 Å². The number of aromatic carboxylic acids is 1. The smallest absolute Gasteiger partial charge is 0.356 e. The van der Waals surface area contributed by atoms with Crippen molar-refractivity contribution in [1.29, 1.82) is 0 Å². The first-order valence-electron chi connectivity index (χ1n) is 6.60. The summed E-state index contributed by atoms with van der Waals surface area (Å²) in [6.07, 6.45) is 1.16. The Kier molecular flexibility index (Phi) is 3.35. The zero-order chi connectivity index (χ0) is 14.3. The van der Waals surface area contributed by atoms with Crippen molar-refractivity contribution in [3.05, 3.63) is 23.9 Å². The van der Waals surface area contributed by atoms with E-state index >= 15 is 0 Å². The van der Waals surface area contributed by atoms with Gasteiger partial charge in [0.15, 0.2) is 5.69 Å². The maximum absolute atomic E-state index is 11.1. The van der Waals surface area contributed by atoms with Crippen LogP contribution in [0.1, 0.15) is 16.9 Å². The SMILES string of the molecule is CN(C)[C@H]1CCN(c2ccc3c(C(=O)O)nsc3c2)C1. The number of benzene rings is 1. The quantitative estimate of drug-likeness (QED) is 0.939. The minimum atomic E-state index is -0.960. The van der Waals surface area contributed by atoms with Crippen LogP contribution in [0, 0.1) is 0 Å². The zero-order valence-corrected chi connectivity index (χ0v) is 12.4. The van der Waals surface area contributed by atoms with Gasteiger partial charge in [-0.25, -0.2) is 4.79 Å². The molecule has 0 spiro atoms. The number of carbonyl (C=O) groups is 1. The standard InChI is InChI=1S/C14H17N3O2S/c1-16(2)10-5-6-17(8-10)9-3-4-11-12(7-9)20-15-13(11)14(18)19/h3-4,7,10H,5-6,8H2,1-2H3,(H,18,19)/t10-/m0/s1. The molecule has 6 heteroatoms. The minimum absolute atomic E-state index is 0.157. The molecule has 106 valence electrons. The number of hydrogen-bond donors (Lipinski definition) is 1. The Morgan fingerprint density at radius 3 is 2.95 bits per heavy atom. The van der Waals surface area contributed by atoms with Gasteiger partial charge < -0.3 is 14.9 Å². The highest BCUT2D eigenvalue weighted by Gasteiger charge is 2.24. The largest absolute Gasteiger partial charge is 0.476 e. The van der Waals surface area contributed by atoms with Crippen molar-refractivity contribution in [2.45, 2.75) is 12.5 Å². The Bertz CT molecular complexity index is 653. The van der Waals surface area contributed by atoms with Crippen molar-refractivity contribution in [3.63, 3.8) is 0 Å². The van der Waals surface area contributed by atoms with Gasteiger partial charge >= 0.3 is 5.97 Å². The fourth-order valence-electron chi connectivity index (χ4n) is 2.67. The molecule has 0 amide bonds. The molecule has 1 atom stereocenters. The topological polar surface area (TPSA) is 56.7 Å². The summed E-state index contributed by atoms with van der Waals surface area (Å²) in [4.78, 5) is 15.7. The monoisotopic (exact) mass is 291 g/mol. The van der Waals surface area contributed by atoms with E-state index in [0.717, 1.165) is 35.3 Å². The Morgan fingerprint density at radius 2 is 2.30 bits per heavy atom. The molecule has 0 bridgehead atoms. The zero-order valence-electron chi connectivity index (χ0n) is 11.5. The van der Waals surface area contributed by atoms with Gasteiger partial charge in [-0.05, 0) is 50.2 Å². The molecule has 1 saturated heterocycles. The Labute approximate surface area is 121 Å². The molecule has 20 heavy (non-hydrogen) atoms. The molecule has 1 N–H and O–H groups in total. The Morgan fingerprint density at radius 1 is 1.50 bits per heavy atom. The third-order valence-electron chi connectivity index (χ3n) is 3.92. The molecule has 0 radical (unpaired) electrons. The van der Waals surface area contributed by atoms with Crippen LogP contribution >= 0.6 is 11.5 Å². The maximum Gasteiger partial charge on any atom is 0.356 e. The van der Waals surface area contributed by atoms with Gasteiger partial charge in [-0.2, -0.15) is 4.37 Å². The normalized spacial score (nSPS) is 19.1. The van der Waals surface area contributed by atoms with Crippen molar-refractivity contribution >= 4 is 33.3 Å². The van der Waals surface area contributed by atoms with Crippen molar-refractivity contribution in [1.82, 2.24) is 9.27 Å². The third kappa shape index (κ3) is 2.25. The van der Waals surface area contributed by atoms with Crippen LogP contribution < -0.4 is 4.90 Å². The van der Waals surface area contributed by atoms with Gasteiger partial charge in [0.1, 0.15) is 0 Å². The highest BCUT2D eigenvalue weighted by molar-refractivity contribution is 7.13. The second kappa shape index (κ2) is 5.03. The highest BCUT2D eigenvalue weighted by Crippen LogP contribution is 2.30. The summed E-state index contributed by atoms with van der Waals surface area (Å²) < 4.78 is 4.96. The molecular weight excluding hydrogens is 274 g/mol. The summed E-state index contributed by atoms with van der Waals surface area (Å²) in [5.41, 5.74) is 1.31. The second-order valence-electron chi connectivity index (χ2n) is 5.37. The number of carboxylic acid groups (broad SMARTS) is 1. The molecule has 1 aliphatic rings. The van der Waals surface area contributed by atoms with Crippen LogP contribution in [0.5, 0.6) is 0 Å². The molecule has 2 heterocycles. The van der Waals surface area contributed by atoms with E-state index in [1.165, 1.54) is 11.5 Å². The van der Waals surface area contributed by atoms with Crippen LogP contribution in [0.4, 0.5) is 5.69 Å². The molecular formula is C14H17N3O2S. The average Bonchev–Trinajstić information content (AvgIpc) is 3.04. The van der Waals surface area contributed by atoms with Crippen LogP contribution in [-0.2, 0) is 0 Å². The van der Waals surface area contributed by atoms with Gasteiger partial charge in [0.05, 0.1) is 4.70 Å². The first-order chi connectivity index (χ1) is 9.56.